The molecule has 0 saturated heterocycles. The van der Waals surface area contributed by atoms with Crippen LogP contribution in [0.4, 0.5) is 0 Å². The number of aryl methyl sites for hydroxylation is 2. The summed E-state index contributed by atoms with van der Waals surface area (Å²) in [6.45, 7) is 4.24. The van der Waals surface area contributed by atoms with Crippen LogP contribution in [0.15, 0.2) is 10.6 Å². The zero-order valence-electron chi connectivity index (χ0n) is 9.37. The summed E-state index contributed by atoms with van der Waals surface area (Å²) in [4.78, 5) is 4.19. The van der Waals surface area contributed by atoms with Gasteiger partial charge in [0.15, 0.2) is 5.89 Å². The molecule has 0 bridgehead atoms. The molecule has 86 valence electrons. The fourth-order valence-corrected chi connectivity index (χ4v) is 1.33. The summed E-state index contributed by atoms with van der Waals surface area (Å²) >= 11 is 0. The lowest BCUT2D eigenvalue weighted by Crippen LogP contribution is -2.00. The van der Waals surface area contributed by atoms with Crippen molar-refractivity contribution in [2.75, 3.05) is 19.8 Å². The van der Waals surface area contributed by atoms with Crippen LogP contribution in [0, 0.1) is 0 Å². The monoisotopic (exact) mass is 212 g/mol. The van der Waals surface area contributed by atoms with Crippen LogP contribution in [0.1, 0.15) is 31.4 Å². The first kappa shape index (κ1) is 12.2. The minimum atomic E-state index is 0.683. The maximum absolute atomic E-state index is 5.54. The van der Waals surface area contributed by atoms with Crippen LogP contribution in [0.5, 0.6) is 0 Å². The van der Waals surface area contributed by atoms with E-state index in [1.54, 1.807) is 6.20 Å². The molecule has 15 heavy (non-hydrogen) atoms. The minimum absolute atomic E-state index is 0.683. The topological polar surface area (TPSA) is 61.3 Å². The molecule has 0 radical (unpaired) electrons. The predicted octanol–water partition coefficient (Wildman–Crippen LogP) is 1.53. The molecule has 0 atom stereocenters. The first-order valence-corrected chi connectivity index (χ1v) is 5.58. The number of nitrogens with two attached hydrogens (primary N) is 1. The normalized spacial score (nSPS) is 10.8. The first-order chi connectivity index (χ1) is 7.36. The van der Waals surface area contributed by atoms with E-state index in [1.165, 1.54) is 0 Å². The lowest BCUT2D eigenvalue weighted by atomic mass is 10.3. The fraction of sp³-hybridized carbons (Fsp3) is 0.727. The summed E-state index contributed by atoms with van der Waals surface area (Å²) in [5.41, 5.74) is 5.41. The lowest BCUT2D eigenvalue weighted by molar-refractivity contribution is 0.144. The van der Waals surface area contributed by atoms with E-state index in [1.807, 2.05) is 6.92 Å². The molecule has 1 rings (SSSR count). The number of aromatic nitrogens is 1. The first-order valence-electron chi connectivity index (χ1n) is 5.58. The smallest absolute Gasteiger partial charge is 0.194 e. The molecule has 0 unspecified atom stereocenters. The SMILES string of the molecule is CCOCCCc1cnc(CCCN)o1. The fourth-order valence-electron chi connectivity index (χ4n) is 1.33. The van der Waals surface area contributed by atoms with Crippen molar-refractivity contribution in [3.63, 3.8) is 0 Å². The second-order valence-corrected chi connectivity index (χ2v) is 3.41. The molecule has 0 aliphatic carbocycles. The molecule has 0 aliphatic heterocycles. The van der Waals surface area contributed by atoms with E-state index in [-0.39, 0.29) is 0 Å². The van der Waals surface area contributed by atoms with E-state index in [9.17, 15) is 0 Å². The maximum atomic E-state index is 5.54. The summed E-state index contributed by atoms with van der Waals surface area (Å²) < 4.78 is 10.8. The molecule has 4 heteroatoms. The average Bonchev–Trinajstić information content (AvgIpc) is 2.69. The third-order valence-electron chi connectivity index (χ3n) is 2.11. The molecule has 0 amide bonds. The van der Waals surface area contributed by atoms with Gasteiger partial charge >= 0.3 is 0 Å². The Balaban J connectivity index is 2.20. The highest BCUT2D eigenvalue weighted by molar-refractivity contribution is 4.94. The molecule has 0 spiro atoms. The number of ether oxygens (including phenoxy) is 1. The Morgan fingerprint density at radius 3 is 3.00 bits per heavy atom. The van der Waals surface area contributed by atoms with Crippen LogP contribution in [0.2, 0.25) is 0 Å². The maximum Gasteiger partial charge on any atom is 0.194 e. The van der Waals surface area contributed by atoms with Gasteiger partial charge in [0.05, 0.1) is 6.20 Å². The van der Waals surface area contributed by atoms with E-state index in [2.05, 4.69) is 4.98 Å². The van der Waals surface area contributed by atoms with Crippen molar-refractivity contribution in [1.29, 1.82) is 0 Å². The molecule has 0 aliphatic rings. The van der Waals surface area contributed by atoms with Crippen LogP contribution in [-0.4, -0.2) is 24.7 Å². The quantitative estimate of drug-likeness (QED) is 0.664. The Morgan fingerprint density at radius 2 is 2.27 bits per heavy atom. The second-order valence-electron chi connectivity index (χ2n) is 3.41. The largest absolute Gasteiger partial charge is 0.446 e. The zero-order chi connectivity index (χ0) is 10.9. The number of hydrogen-bond donors (Lipinski definition) is 1. The van der Waals surface area contributed by atoms with Gasteiger partial charge in [-0.25, -0.2) is 4.98 Å². The van der Waals surface area contributed by atoms with E-state index in [0.29, 0.717) is 6.54 Å². The van der Waals surface area contributed by atoms with Gasteiger partial charge in [0.25, 0.3) is 0 Å². The highest BCUT2D eigenvalue weighted by Crippen LogP contribution is 2.08. The average molecular weight is 212 g/mol. The van der Waals surface area contributed by atoms with Crippen LogP contribution in [0.25, 0.3) is 0 Å². The Kier molecular flexibility index (Phi) is 6.04. The van der Waals surface area contributed by atoms with E-state index in [4.69, 9.17) is 14.9 Å². The summed E-state index contributed by atoms with van der Waals surface area (Å²) in [5, 5.41) is 0. The van der Waals surface area contributed by atoms with Crippen molar-refractivity contribution >= 4 is 0 Å². The van der Waals surface area contributed by atoms with Gasteiger partial charge in [-0.15, -0.1) is 0 Å². The summed E-state index contributed by atoms with van der Waals surface area (Å²) in [5.74, 6) is 1.74. The number of oxazole rings is 1. The molecule has 0 saturated carbocycles. The van der Waals surface area contributed by atoms with Crippen molar-refractivity contribution in [2.24, 2.45) is 5.73 Å². The second kappa shape index (κ2) is 7.43. The van der Waals surface area contributed by atoms with Crippen molar-refractivity contribution in [3.05, 3.63) is 17.8 Å². The van der Waals surface area contributed by atoms with Crippen molar-refractivity contribution in [2.45, 2.75) is 32.6 Å². The standard InChI is InChI=1S/C11H20N2O2/c1-2-14-8-4-5-10-9-13-11(15-10)6-3-7-12/h9H,2-8,12H2,1H3. The van der Waals surface area contributed by atoms with Crippen LogP contribution >= 0.6 is 0 Å². The minimum Gasteiger partial charge on any atom is -0.446 e. The molecule has 0 aromatic carbocycles. The Labute approximate surface area is 90.8 Å². The van der Waals surface area contributed by atoms with Gasteiger partial charge in [0, 0.05) is 26.1 Å². The molecule has 1 aromatic rings. The molecule has 1 aromatic heterocycles. The molecule has 4 nitrogen and oxygen atoms in total. The van der Waals surface area contributed by atoms with Gasteiger partial charge in [0.2, 0.25) is 0 Å². The van der Waals surface area contributed by atoms with Gasteiger partial charge in [-0.05, 0) is 26.3 Å². The molecule has 2 N–H and O–H groups in total. The van der Waals surface area contributed by atoms with E-state index in [0.717, 1.165) is 50.5 Å². The highest BCUT2D eigenvalue weighted by atomic mass is 16.5. The Bertz CT molecular complexity index is 261. The third-order valence-corrected chi connectivity index (χ3v) is 2.11. The van der Waals surface area contributed by atoms with Gasteiger partial charge < -0.3 is 14.9 Å². The van der Waals surface area contributed by atoms with Crippen molar-refractivity contribution < 1.29 is 9.15 Å². The molecular weight excluding hydrogens is 192 g/mol. The van der Waals surface area contributed by atoms with Gasteiger partial charge in [-0.2, -0.15) is 0 Å². The Morgan fingerprint density at radius 1 is 1.40 bits per heavy atom. The summed E-state index contributed by atoms with van der Waals surface area (Å²) in [7, 11) is 0. The third kappa shape index (κ3) is 4.95. The molecule has 1 heterocycles. The number of rotatable bonds is 8. The van der Waals surface area contributed by atoms with Crippen LogP contribution < -0.4 is 5.73 Å². The summed E-state index contributed by atoms with van der Waals surface area (Å²) in [6, 6.07) is 0. The van der Waals surface area contributed by atoms with Crippen molar-refractivity contribution in [3.8, 4) is 0 Å². The number of nitrogens with zero attached hydrogens (tertiary/aromatic N) is 1. The molecular formula is C11H20N2O2. The predicted molar refractivity (Wildman–Crippen MR) is 58.7 cm³/mol. The van der Waals surface area contributed by atoms with E-state index < -0.39 is 0 Å². The summed E-state index contributed by atoms with van der Waals surface area (Å²) in [6.07, 6.45) is 5.45. The molecule has 0 fully saturated rings. The van der Waals surface area contributed by atoms with Crippen molar-refractivity contribution in [1.82, 2.24) is 4.98 Å². The van der Waals surface area contributed by atoms with Gasteiger partial charge in [-0.1, -0.05) is 0 Å². The van der Waals surface area contributed by atoms with Gasteiger partial charge in [-0.3, -0.25) is 0 Å². The van der Waals surface area contributed by atoms with Crippen LogP contribution in [0.3, 0.4) is 0 Å². The highest BCUT2D eigenvalue weighted by Gasteiger charge is 2.02. The van der Waals surface area contributed by atoms with E-state index >= 15 is 0 Å². The zero-order valence-corrected chi connectivity index (χ0v) is 9.37. The lowest BCUT2D eigenvalue weighted by Gasteiger charge is -1.98. The van der Waals surface area contributed by atoms with Gasteiger partial charge in [0.1, 0.15) is 5.76 Å². The number of hydrogen-bond acceptors (Lipinski definition) is 4. The Hall–Kier alpha value is -0.870. The van der Waals surface area contributed by atoms with Crippen LogP contribution in [-0.2, 0) is 17.6 Å².